The molecular formula is C15H22ClNOSi. The summed E-state index contributed by atoms with van der Waals surface area (Å²) in [5, 5.41) is 9.63. The van der Waals surface area contributed by atoms with Crippen molar-refractivity contribution in [3.05, 3.63) is 34.3 Å². The van der Waals surface area contributed by atoms with Gasteiger partial charge in [0.1, 0.15) is 0 Å². The lowest BCUT2D eigenvalue weighted by Crippen LogP contribution is -2.40. The fourth-order valence-corrected chi connectivity index (χ4v) is 2.54. The third-order valence-electron chi connectivity index (χ3n) is 3.79. The van der Waals surface area contributed by atoms with Gasteiger partial charge in [-0.05, 0) is 35.3 Å². The van der Waals surface area contributed by atoms with Crippen molar-refractivity contribution in [3.63, 3.8) is 0 Å². The summed E-state index contributed by atoms with van der Waals surface area (Å²) in [7, 11) is -1.77. The van der Waals surface area contributed by atoms with E-state index in [4.69, 9.17) is 21.3 Å². The molecule has 0 aliphatic heterocycles. The third-order valence-corrected chi connectivity index (χ3v) is 8.64. The number of nitrogens with zero attached hydrogens (tertiary/aromatic N) is 1. The van der Waals surface area contributed by atoms with E-state index in [9.17, 15) is 0 Å². The Balaban J connectivity index is 2.83. The van der Waals surface area contributed by atoms with Crippen LogP contribution >= 0.6 is 11.6 Å². The smallest absolute Gasteiger partial charge is 0.192 e. The Morgan fingerprint density at radius 1 is 1.32 bits per heavy atom. The molecule has 104 valence electrons. The highest BCUT2D eigenvalue weighted by Crippen LogP contribution is 2.37. The molecular weight excluding hydrogens is 274 g/mol. The first-order chi connectivity index (χ1) is 8.67. The van der Waals surface area contributed by atoms with Crippen molar-refractivity contribution in [1.82, 2.24) is 0 Å². The average molecular weight is 296 g/mol. The molecule has 4 heteroatoms. The fraction of sp³-hybridized carbons (Fsp3) is 0.533. The van der Waals surface area contributed by atoms with Gasteiger partial charge < -0.3 is 4.43 Å². The largest absolute Gasteiger partial charge is 0.413 e. The summed E-state index contributed by atoms with van der Waals surface area (Å²) in [6.45, 7) is 11.6. The Morgan fingerprint density at radius 3 is 2.47 bits per heavy atom. The summed E-state index contributed by atoms with van der Waals surface area (Å²) < 4.78 is 6.17. The van der Waals surface area contributed by atoms with Gasteiger partial charge >= 0.3 is 0 Å². The first kappa shape index (κ1) is 16.2. The first-order valence-corrected chi connectivity index (χ1v) is 9.74. The maximum atomic E-state index is 8.74. The molecule has 0 unspecified atom stereocenters. The molecule has 0 amide bonds. The van der Waals surface area contributed by atoms with E-state index in [1.165, 1.54) is 0 Å². The maximum absolute atomic E-state index is 8.74. The van der Waals surface area contributed by atoms with Gasteiger partial charge in [-0.25, -0.2) is 0 Å². The lowest BCUT2D eigenvalue weighted by Gasteiger charge is -2.36. The van der Waals surface area contributed by atoms with Crippen molar-refractivity contribution in [2.75, 3.05) is 0 Å². The normalized spacial score (nSPS) is 12.3. The van der Waals surface area contributed by atoms with Gasteiger partial charge in [0.25, 0.3) is 0 Å². The molecule has 0 saturated carbocycles. The van der Waals surface area contributed by atoms with E-state index in [0.717, 1.165) is 11.1 Å². The van der Waals surface area contributed by atoms with Gasteiger partial charge in [0, 0.05) is 5.02 Å². The number of nitriles is 1. The highest BCUT2D eigenvalue weighted by molar-refractivity contribution is 6.74. The van der Waals surface area contributed by atoms with Crippen LogP contribution in [0.1, 0.15) is 31.9 Å². The predicted octanol–water partition coefficient (Wildman–Crippen LogP) is 4.93. The van der Waals surface area contributed by atoms with Crippen molar-refractivity contribution in [2.24, 2.45) is 0 Å². The van der Waals surface area contributed by atoms with Gasteiger partial charge in [0.15, 0.2) is 8.32 Å². The van der Waals surface area contributed by atoms with Crippen LogP contribution in [0.15, 0.2) is 18.2 Å². The number of hydrogen-bond donors (Lipinski definition) is 0. The lowest BCUT2D eigenvalue weighted by atomic mass is 10.1. The quantitative estimate of drug-likeness (QED) is 0.738. The molecule has 0 atom stereocenters. The molecule has 0 heterocycles. The van der Waals surface area contributed by atoms with Crippen molar-refractivity contribution in [3.8, 4) is 6.07 Å². The molecule has 0 N–H and O–H groups in total. The van der Waals surface area contributed by atoms with E-state index < -0.39 is 8.32 Å². The Hall–Kier alpha value is -0.823. The zero-order valence-corrected chi connectivity index (χ0v) is 14.1. The van der Waals surface area contributed by atoms with E-state index in [0.29, 0.717) is 18.1 Å². The summed E-state index contributed by atoms with van der Waals surface area (Å²) in [6, 6.07) is 7.86. The lowest BCUT2D eigenvalue weighted by molar-refractivity contribution is 0.276. The highest BCUT2D eigenvalue weighted by Gasteiger charge is 2.37. The Kier molecular flexibility index (Phi) is 5.20. The Bertz CT molecular complexity index is 486. The minimum Gasteiger partial charge on any atom is -0.413 e. The zero-order chi connectivity index (χ0) is 14.7. The molecule has 2 nitrogen and oxygen atoms in total. The molecule has 0 aliphatic carbocycles. The second-order valence-corrected chi connectivity index (χ2v) is 11.5. The summed E-state index contributed by atoms with van der Waals surface area (Å²) in [6.07, 6.45) is 0.407. The van der Waals surface area contributed by atoms with Gasteiger partial charge in [-0.15, -0.1) is 0 Å². The SMILES string of the molecule is CC(C)(C)[Si](C)(C)OCc1cc(CC#N)ccc1Cl. The van der Waals surface area contributed by atoms with Crippen LogP contribution in [0.25, 0.3) is 0 Å². The summed E-state index contributed by atoms with van der Waals surface area (Å²) in [5.41, 5.74) is 1.96. The van der Waals surface area contributed by atoms with Crippen LogP contribution in [0.4, 0.5) is 0 Å². The number of rotatable bonds is 4. The van der Waals surface area contributed by atoms with E-state index in [1.54, 1.807) is 0 Å². The van der Waals surface area contributed by atoms with Crippen molar-refractivity contribution >= 4 is 19.9 Å². The van der Waals surface area contributed by atoms with E-state index in [1.807, 2.05) is 18.2 Å². The van der Waals surface area contributed by atoms with Crippen molar-refractivity contribution < 1.29 is 4.43 Å². The standard InChI is InChI=1S/C15H22ClNOSi/c1-15(2,3)19(4,5)18-11-13-10-12(8-9-17)6-7-14(13)16/h6-7,10H,8,11H2,1-5H3. The van der Waals surface area contributed by atoms with Crippen LogP contribution in [0.2, 0.25) is 23.2 Å². The van der Waals surface area contributed by atoms with E-state index in [2.05, 4.69) is 39.9 Å². The molecule has 1 rings (SSSR count). The summed E-state index contributed by atoms with van der Waals surface area (Å²) in [5.74, 6) is 0. The fourth-order valence-electron chi connectivity index (χ4n) is 1.41. The minimum absolute atomic E-state index is 0.184. The molecule has 0 fully saturated rings. The predicted molar refractivity (Wildman–Crippen MR) is 82.8 cm³/mol. The number of halogens is 1. The molecule has 0 spiro atoms. The maximum Gasteiger partial charge on any atom is 0.192 e. The minimum atomic E-state index is -1.77. The Morgan fingerprint density at radius 2 is 1.95 bits per heavy atom. The molecule has 0 radical (unpaired) electrons. The molecule has 19 heavy (non-hydrogen) atoms. The number of benzene rings is 1. The van der Waals surface area contributed by atoms with Gasteiger partial charge in [0.2, 0.25) is 0 Å². The molecule has 0 aromatic heterocycles. The van der Waals surface area contributed by atoms with Gasteiger partial charge in [0.05, 0.1) is 19.1 Å². The van der Waals surface area contributed by atoms with Crippen LogP contribution in [0.3, 0.4) is 0 Å². The topological polar surface area (TPSA) is 33.0 Å². The van der Waals surface area contributed by atoms with E-state index in [-0.39, 0.29) is 5.04 Å². The third kappa shape index (κ3) is 4.34. The second-order valence-electron chi connectivity index (χ2n) is 6.31. The first-order valence-electron chi connectivity index (χ1n) is 6.45. The highest BCUT2D eigenvalue weighted by atomic mass is 35.5. The molecule has 0 bridgehead atoms. The van der Waals surface area contributed by atoms with Gasteiger partial charge in [-0.3, -0.25) is 0 Å². The van der Waals surface area contributed by atoms with Gasteiger partial charge in [-0.2, -0.15) is 5.26 Å². The molecule has 1 aromatic rings. The van der Waals surface area contributed by atoms with E-state index >= 15 is 0 Å². The number of hydrogen-bond acceptors (Lipinski definition) is 2. The molecule has 1 aromatic carbocycles. The van der Waals surface area contributed by atoms with Crippen LogP contribution in [0, 0.1) is 11.3 Å². The second kappa shape index (κ2) is 6.09. The van der Waals surface area contributed by atoms with Crippen LogP contribution in [-0.4, -0.2) is 8.32 Å². The van der Waals surface area contributed by atoms with Crippen molar-refractivity contribution in [2.45, 2.75) is 51.9 Å². The monoisotopic (exact) mass is 295 g/mol. The molecule has 0 saturated heterocycles. The Labute approximate surface area is 122 Å². The zero-order valence-electron chi connectivity index (χ0n) is 12.4. The van der Waals surface area contributed by atoms with Crippen LogP contribution < -0.4 is 0 Å². The summed E-state index contributed by atoms with van der Waals surface area (Å²) >= 11 is 6.19. The van der Waals surface area contributed by atoms with Crippen molar-refractivity contribution in [1.29, 1.82) is 5.26 Å². The van der Waals surface area contributed by atoms with Crippen LogP contribution in [0.5, 0.6) is 0 Å². The molecule has 0 aliphatic rings. The average Bonchev–Trinajstić information content (AvgIpc) is 2.29. The van der Waals surface area contributed by atoms with Crippen LogP contribution in [-0.2, 0) is 17.5 Å². The summed E-state index contributed by atoms with van der Waals surface area (Å²) in [4.78, 5) is 0. The van der Waals surface area contributed by atoms with Gasteiger partial charge in [-0.1, -0.05) is 44.5 Å².